The first-order valence-electron chi connectivity index (χ1n) is 11.4. The van der Waals surface area contributed by atoms with Gasteiger partial charge in [0.05, 0.1) is 0 Å². The van der Waals surface area contributed by atoms with Crippen LogP contribution in [0.25, 0.3) is 0 Å². The largest absolute Gasteiger partial charge is 0.484 e. The van der Waals surface area contributed by atoms with E-state index in [0.717, 1.165) is 18.4 Å². The average molecular weight is 459 g/mol. The van der Waals surface area contributed by atoms with Gasteiger partial charge in [0.15, 0.2) is 6.61 Å². The lowest BCUT2D eigenvalue weighted by Crippen LogP contribution is -2.50. The van der Waals surface area contributed by atoms with Crippen molar-refractivity contribution in [1.82, 2.24) is 10.2 Å². The summed E-state index contributed by atoms with van der Waals surface area (Å²) >= 11 is 6.35. The fourth-order valence-electron chi connectivity index (χ4n) is 3.41. The molecule has 0 unspecified atom stereocenters. The van der Waals surface area contributed by atoms with Gasteiger partial charge < -0.3 is 15.0 Å². The Labute approximate surface area is 197 Å². The van der Waals surface area contributed by atoms with E-state index < -0.39 is 6.04 Å². The summed E-state index contributed by atoms with van der Waals surface area (Å²) in [6.45, 7) is 8.92. The summed E-state index contributed by atoms with van der Waals surface area (Å²) in [5.41, 5.74) is 2.00. The molecule has 174 valence electrons. The van der Waals surface area contributed by atoms with Crippen LogP contribution in [0.15, 0.2) is 48.5 Å². The molecule has 0 bridgehead atoms. The van der Waals surface area contributed by atoms with Crippen molar-refractivity contribution in [2.75, 3.05) is 13.2 Å². The maximum atomic E-state index is 13.2. The highest BCUT2D eigenvalue weighted by Crippen LogP contribution is 2.21. The number of rotatable bonds is 12. The van der Waals surface area contributed by atoms with Crippen LogP contribution in [0.3, 0.4) is 0 Å². The molecule has 0 aromatic heterocycles. The molecule has 0 aliphatic carbocycles. The van der Waals surface area contributed by atoms with Crippen LogP contribution in [0, 0.1) is 0 Å². The number of hydrogen-bond donors (Lipinski definition) is 1. The van der Waals surface area contributed by atoms with Gasteiger partial charge in [-0.1, -0.05) is 76.0 Å². The van der Waals surface area contributed by atoms with Gasteiger partial charge in [-0.05, 0) is 48.1 Å². The minimum atomic E-state index is -0.595. The van der Waals surface area contributed by atoms with E-state index >= 15 is 0 Å². The van der Waals surface area contributed by atoms with E-state index in [1.807, 2.05) is 49.4 Å². The molecule has 0 aliphatic heterocycles. The maximum absolute atomic E-state index is 13.2. The summed E-state index contributed by atoms with van der Waals surface area (Å²) in [5, 5.41) is 3.52. The molecule has 2 aromatic rings. The van der Waals surface area contributed by atoms with Crippen molar-refractivity contribution in [3.63, 3.8) is 0 Å². The molecule has 0 heterocycles. The number of carbonyl (C=O) groups is 2. The van der Waals surface area contributed by atoms with E-state index in [4.69, 9.17) is 16.3 Å². The number of unbranched alkanes of at least 4 members (excludes halogenated alkanes) is 1. The Hall–Kier alpha value is -2.53. The molecule has 2 amide bonds. The van der Waals surface area contributed by atoms with Crippen LogP contribution in [-0.2, 0) is 16.1 Å². The normalized spacial score (nSPS) is 11.8. The van der Waals surface area contributed by atoms with Crippen molar-refractivity contribution in [3.8, 4) is 5.75 Å². The summed E-state index contributed by atoms with van der Waals surface area (Å²) in [6.07, 6.45) is 2.39. The molecule has 0 radical (unpaired) electrons. The van der Waals surface area contributed by atoms with Gasteiger partial charge in [0, 0.05) is 18.1 Å². The fraction of sp³-hybridized carbons (Fsp3) is 0.462. The third kappa shape index (κ3) is 7.56. The topological polar surface area (TPSA) is 58.6 Å². The lowest BCUT2D eigenvalue weighted by Gasteiger charge is -2.31. The Morgan fingerprint density at radius 1 is 1.06 bits per heavy atom. The number of benzene rings is 2. The van der Waals surface area contributed by atoms with Gasteiger partial charge in [0.2, 0.25) is 5.91 Å². The predicted molar refractivity (Wildman–Crippen MR) is 130 cm³/mol. The average Bonchev–Trinajstić information content (AvgIpc) is 2.79. The van der Waals surface area contributed by atoms with Gasteiger partial charge in [0.25, 0.3) is 5.91 Å². The van der Waals surface area contributed by atoms with Crippen molar-refractivity contribution in [3.05, 3.63) is 64.7 Å². The Kier molecular flexibility index (Phi) is 10.5. The standard InChI is InChI=1S/C26H35ClN2O3/c1-5-7-16-28-26(31)24(6-2)29(17-21-10-8-9-11-23(21)27)25(30)18-32-22-14-12-20(13-15-22)19(3)4/h8-15,19,24H,5-7,16-18H2,1-4H3,(H,28,31)/t24-/m1/s1. The minimum absolute atomic E-state index is 0.149. The molecule has 32 heavy (non-hydrogen) atoms. The van der Waals surface area contributed by atoms with E-state index in [9.17, 15) is 9.59 Å². The number of nitrogens with one attached hydrogen (secondary N) is 1. The van der Waals surface area contributed by atoms with Crippen LogP contribution < -0.4 is 10.1 Å². The highest BCUT2D eigenvalue weighted by Gasteiger charge is 2.29. The van der Waals surface area contributed by atoms with Gasteiger partial charge in [-0.25, -0.2) is 0 Å². The van der Waals surface area contributed by atoms with Crippen molar-refractivity contribution in [2.24, 2.45) is 0 Å². The van der Waals surface area contributed by atoms with Crippen LogP contribution in [0.1, 0.15) is 64.0 Å². The Morgan fingerprint density at radius 2 is 1.75 bits per heavy atom. The Bertz CT molecular complexity index is 868. The number of carbonyl (C=O) groups excluding carboxylic acids is 2. The van der Waals surface area contributed by atoms with Gasteiger partial charge in [0.1, 0.15) is 11.8 Å². The monoisotopic (exact) mass is 458 g/mol. The van der Waals surface area contributed by atoms with Crippen molar-refractivity contribution in [2.45, 2.75) is 65.5 Å². The van der Waals surface area contributed by atoms with Crippen LogP contribution in [-0.4, -0.2) is 35.9 Å². The summed E-state index contributed by atoms with van der Waals surface area (Å²) < 4.78 is 5.77. The highest BCUT2D eigenvalue weighted by molar-refractivity contribution is 6.31. The predicted octanol–water partition coefficient (Wildman–Crippen LogP) is 5.57. The molecule has 6 heteroatoms. The first-order chi connectivity index (χ1) is 15.4. The second-order valence-electron chi connectivity index (χ2n) is 8.19. The zero-order valence-corrected chi connectivity index (χ0v) is 20.3. The van der Waals surface area contributed by atoms with Gasteiger partial charge in [-0.3, -0.25) is 9.59 Å². The zero-order valence-electron chi connectivity index (χ0n) is 19.6. The van der Waals surface area contributed by atoms with Crippen molar-refractivity contribution >= 4 is 23.4 Å². The molecule has 0 spiro atoms. The first kappa shape index (κ1) is 25.7. The Morgan fingerprint density at radius 3 is 2.34 bits per heavy atom. The quantitative estimate of drug-likeness (QED) is 0.423. The van der Waals surface area contributed by atoms with Crippen LogP contribution in [0.2, 0.25) is 5.02 Å². The smallest absolute Gasteiger partial charge is 0.261 e. The first-order valence-corrected chi connectivity index (χ1v) is 11.8. The zero-order chi connectivity index (χ0) is 23.5. The van der Waals surface area contributed by atoms with E-state index in [1.165, 1.54) is 5.56 Å². The van der Waals surface area contributed by atoms with Crippen LogP contribution in [0.4, 0.5) is 0 Å². The molecular formula is C26H35ClN2O3. The molecule has 1 atom stereocenters. The second kappa shape index (κ2) is 13.1. The summed E-state index contributed by atoms with van der Waals surface area (Å²) in [4.78, 5) is 27.7. The molecule has 1 N–H and O–H groups in total. The number of hydrogen-bond acceptors (Lipinski definition) is 3. The summed E-state index contributed by atoms with van der Waals surface area (Å²) in [5.74, 6) is 0.646. The molecule has 0 aliphatic rings. The third-order valence-corrected chi connectivity index (χ3v) is 5.79. The van der Waals surface area contributed by atoms with Gasteiger partial charge >= 0.3 is 0 Å². The number of nitrogens with zero attached hydrogens (tertiary/aromatic N) is 1. The number of halogens is 1. The fourth-order valence-corrected chi connectivity index (χ4v) is 3.61. The highest BCUT2D eigenvalue weighted by atomic mass is 35.5. The summed E-state index contributed by atoms with van der Waals surface area (Å²) in [7, 11) is 0. The van der Waals surface area contributed by atoms with Crippen molar-refractivity contribution < 1.29 is 14.3 Å². The van der Waals surface area contributed by atoms with E-state index in [0.29, 0.717) is 29.7 Å². The van der Waals surface area contributed by atoms with Crippen LogP contribution in [0.5, 0.6) is 5.75 Å². The summed E-state index contributed by atoms with van der Waals surface area (Å²) in [6, 6.07) is 14.5. The second-order valence-corrected chi connectivity index (χ2v) is 8.60. The maximum Gasteiger partial charge on any atom is 0.261 e. The lowest BCUT2D eigenvalue weighted by atomic mass is 10.0. The van der Waals surface area contributed by atoms with Crippen molar-refractivity contribution in [1.29, 1.82) is 0 Å². The minimum Gasteiger partial charge on any atom is -0.484 e. The van der Waals surface area contributed by atoms with Crippen LogP contribution >= 0.6 is 11.6 Å². The van der Waals surface area contributed by atoms with Gasteiger partial charge in [-0.2, -0.15) is 0 Å². The van der Waals surface area contributed by atoms with E-state index in [2.05, 4.69) is 26.1 Å². The van der Waals surface area contributed by atoms with E-state index in [1.54, 1.807) is 11.0 Å². The lowest BCUT2D eigenvalue weighted by molar-refractivity contribution is -0.143. The molecular weight excluding hydrogens is 424 g/mol. The van der Waals surface area contributed by atoms with Gasteiger partial charge in [-0.15, -0.1) is 0 Å². The van der Waals surface area contributed by atoms with E-state index in [-0.39, 0.29) is 25.0 Å². The Balaban J connectivity index is 2.16. The number of ether oxygens (including phenoxy) is 1. The number of amides is 2. The molecule has 0 fully saturated rings. The molecule has 0 saturated heterocycles. The SMILES string of the molecule is CCCCNC(=O)[C@@H](CC)N(Cc1ccccc1Cl)C(=O)COc1ccc(C(C)C)cc1. The molecule has 2 rings (SSSR count). The molecule has 2 aromatic carbocycles. The third-order valence-electron chi connectivity index (χ3n) is 5.42. The molecule has 0 saturated carbocycles. The molecule has 5 nitrogen and oxygen atoms in total.